The van der Waals surface area contributed by atoms with Crippen LogP contribution in [0.25, 0.3) is 0 Å². The van der Waals surface area contributed by atoms with Crippen LogP contribution in [0, 0.1) is 5.92 Å². The van der Waals surface area contributed by atoms with Gasteiger partial charge in [-0.05, 0) is 51.2 Å². The Morgan fingerprint density at radius 3 is 2.61 bits per heavy atom. The molecule has 0 atom stereocenters. The highest BCUT2D eigenvalue weighted by atomic mass is 32.2. The Bertz CT molecular complexity index is 881. The van der Waals surface area contributed by atoms with Gasteiger partial charge in [0, 0.05) is 13.1 Å². The van der Waals surface area contributed by atoms with Gasteiger partial charge in [-0.3, -0.25) is 0 Å². The zero-order valence-electron chi connectivity index (χ0n) is 16.5. The van der Waals surface area contributed by atoms with Gasteiger partial charge in [0.1, 0.15) is 17.2 Å². The van der Waals surface area contributed by atoms with Gasteiger partial charge in [-0.1, -0.05) is 12.1 Å². The molecule has 1 fully saturated rings. The van der Waals surface area contributed by atoms with Crippen molar-refractivity contribution in [2.24, 2.45) is 16.0 Å². The summed E-state index contributed by atoms with van der Waals surface area (Å²) in [6.45, 7) is 7.28. The van der Waals surface area contributed by atoms with Crippen LogP contribution < -0.4 is 10.5 Å². The lowest BCUT2D eigenvalue weighted by atomic mass is 9.98. The molecule has 2 N–H and O–H groups in total. The molecule has 28 heavy (non-hydrogen) atoms. The number of nitrogens with zero attached hydrogens (tertiary/aromatic N) is 2. The number of likely N-dealkylation sites (tertiary alicyclic amines) is 1. The van der Waals surface area contributed by atoms with E-state index in [9.17, 15) is 13.2 Å². The lowest BCUT2D eigenvalue weighted by molar-refractivity contribution is 0.0165. The molecular weight excluding hydrogens is 382 g/mol. The van der Waals surface area contributed by atoms with Gasteiger partial charge in [-0.15, -0.1) is 4.40 Å². The topological polar surface area (TPSA) is 111 Å². The summed E-state index contributed by atoms with van der Waals surface area (Å²) in [6, 6.07) is 5.25. The van der Waals surface area contributed by atoms with Crippen LogP contribution in [0.1, 0.15) is 44.7 Å². The smallest absolute Gasteiger partial charge is 0.410 e. The molecule has 2 heterocycles. The van der Waals surface area contributed by atoms with Crippen LogP contribution in [-0.4, -0.2) is 50.5 Å². The molecule has 0 saturated carbocycles. The fraction of sp³-hybridized carbons (Fsp3) is 0.579. The Morgan fingerprint density at radius 1 is 1.29 bits per heavy atom. The van der Waals surface area contributed by atoms with Crippen molar-refractivity contribution in [2.75, 3.05) is 19.7 Å². The van der Waals surface area contributed by atoms with Gasteiger partial charge < -0.3 is 20.1 Å². The van der Waals surface area contributed by atoms with Crippen molar-refractivity contribution in [3.63, 3.8) is 0 Å². The van der Waals surface area contributed by atoms with Crippen LogP contribution in [0.15, 0.2) is 22.6 Å². The number of rotatable bonds is 3. The standard InChI is InChI=1S/C19H27N3O5S/c1-19(2,3)27-18(23)22-9-7-13(8-10-22)11-26-15-6-4-5-14-12-28(24,25)21-17(20)16(14)15/h4-6,13H,7-12H2,1-3H3,(H2,20,21). The summed E-state index contributed by atoms with van der Waals surface area (Å²) in [5.74, 6) is 0.633. The van der Waals surface area contributed by atoms with Crippen LogP contribution in [-0.2, 0) is 20.5 Å². The van der Waals surface area contributed by atoms with Crippen molar-refractivity contribution in [3.05, 3.63) is 29.3 Å². The maximum Gasteiger partial charge on any atom is 0.410 e. The third kappa shape index (κ3) is 4.95. The predicted octanol–water partition coefficient (Wildman–Crippen LogP) is 2.26. The summed E-state index contributed by atoms with van der Waals surface area (Å²) in [6.07, 6.45) is 1.34. The third-order valence-corrected chi connectivity index (χ3v) is 5.84. The van der Waals surface area contributed by atoms with Crippen molar-refractivity contribution in [1.82, 2.24) is 4.90 Å². The van der Waals surface area contributed by atoms with Crippen LogP contribution in [0.3, 0.4) is 0 Å². The summed E-state index contributed by atoms with van der Waals surface area (Å²) in [5, 5.41) is 0. The first-order chi connectivity index (χ1) is 13.0. The lowest BCUT2D eigenvalue weighted by Gasteiger charge is -2.33. The van der Waals surface area contributed by atoms with E-state index in [1.807, 2.05) is 20.8 Å². The summed E-state index contributed by atoms with van der Waals surface area (Å²) in [5.41, 5.74) is 6.53. The number of carbonyl (C=O) groups excluding carboxylic acids is 1. The second-order valence-corrected chi connectivity index (χ2v) is 9.85. The first-order valence-electron chi connectivity index (χ1n) is 9.35. The molecule has 2 aliphatic heterocycles. The van der Waals surface area contributed by atoms with Crippen LogP contribution in [0.5, 0.6) is 5.75 Å². The number of piperidine rings is 1. The Labute approximate surface area is 165 Å². The molecule has 8 nitrogen and oxygen atoms in total. The summed E-state index contributed by atoms with van der Waals surface area (Å²) >= 11 is 0. The molecule has 0 aliphatic carbocycles. The number of hydrogen-bond acceptors (Lipinski definition) is 6. The van der Waals surface area contributed by atoms with E-state index in [2.05, 4.69) is 4.40 Å². The SMILES string of the molecule is CC(C)(C)OC(=O)N1CCC(COc2cccc3c2C(N)=NS(=O)(=O)C3)CC1. The van der Waals surface area contributed by atoms with Gasteiger partial charge in [-0.2, -0.15) is 0 Å². The first kappa shape index (κ1) is 20.4. The van der Waals surface area contributed by atoms with E-state index >= 15 is 0 Å². The second-order valence-electron chi connectivity index (χ2n) is 8.21. The van der Waals surface area contributed by atoms with Gasteiger partial charge >= 0.3 is 6.09 Å². The van der Waals surface area contributed by atoms with E-state index in [0.717, 1.165) is 12.8 Å². The fourth-order valence-electron chi connectivity index (χ4n) is 3.35. The number of sulfonamides is 1. The zero-order valence-corrected chi connectivity index (χ0v) is 17.3. The molecular formula is C19H27N3O5S. The van der Waals surface area contributed by atoms with Gasteiger partial charge in [0.05, 0.1) is 17.9 Å². The fourth-order valence-corrected chi connectivity index (χ4v) is 4.44. The molecule has 1 aromatic rings. The monoisotopic (exact) mass is 409 g/mol. The van der Waals surface area contributed by atoms with Crippen LogP contribution in [0.2, 0.25) is 0 Å². The molecule has 0 aromatic heterocycles. The number of amidine groups is 1. The summed E-state index contributed by atoms with van der Waals surface area (Å²) < 4.78 is 38.5. The van der Waals surface area contributed by atoms with E-state index < -0.39 is 15.6 Å². The molecule has 3 rings (SSSR count). The number of fused-ring (bicyclic) bond motifs is 1. The maximum atomic E-state index is 12.1. The molecule has 0 spiro atoms. The first-order valence-corrected chi connectivity index (χ1v) is 11.0. The zero-order chi connectivity index (χ0) is 20.5. The van der Waals surface area contributed by atoms with Gasteiger partial charge in [0.25, 0.3) is 10.0 Å². The highest BCUT2D eigenvalue weighted by molar-refractivity contribution is 7.89. The minimum atomic E-state index is -3.57. The summed E-state index contributed by atoms with van der Waals surface area (Å²) in [4.78, 5) is 13.9. The number of carbonyl (C=O) groups is 1. The Morgan fingerprint density at radius 2 is 1.96 bits per heavy atom. The molecule has 0 bridgehead atoms. The van der Waals surface area contributed by atoms with Gasteiger partial charge in [-0.25, -0.2) is 13.2 Å². The van der Waals surface area contributed by atoms with Crippen molar-refractivity contribution in [3.8, 4) is 5.75 Å². The average Bonchev–Trinajstić information content (AvgIpc) is 2.57. The number of hydrogen-bond donors (Lipinski definition) is 1. The minimum Gasteiger partial charge on any atom is -0.493 e. The minimum absolute atomic E-state index is 0.0309. The third-order valence-electron chi connectivity index (χ3n) is 4.68. The molecule has 9 heteroatoms. The molecule has 1 saturated heterocycles. The van der Waals surface area contributed by atoms with Crippen LogP contribution >= 0.6 is 0 Å². The number of benzene rings is 1. The van der Waals surface area contributed by atoms with E-state index in [0.29, 0.717) is 42.5 Å². The highest BCUT2D eigenvalue weighted by Crippen LogP contribution is 2.29. The normalized spacial score (nSPS) is 19.5. The molecule has 0 radical (unpaired) electrons. The van der Waals surface area contributed by atoms with E-state index in [1.54, 1.807) is 23.1 Å². The number of ether oxygens (including phenoxy) is 2. The quantitative estimate of drug-likeness (QED) is 0.820. The van der Waals surface area contributed by atoms with Crippen molar-refractivity contribution < 1.29 is 22.7 Å². The predicted molar refractivity (Wildman–Crippen MR) is 106 cm³/mol. The van der Waals surface area contributed by atoms with Gasteiger partial charge in [0.2, 0.25) is 0 Å². The molecule has 1 amide bonds. The Balaban J connectivity index is 1.58. The van der Waals surface area contributed by atoms with E-state index in [-0.39, 0.29) is 17.7 Å². The van der Waals surface area contributed by atoms with E-state index in [4.69, 9.17) is 15.2 Å². The summed E-state index contributed by atoms with van der Waals surface area (Å²) in [7, 11) is -3.57. The van der Waals surface area contributed by atoms with Crippen LogP contribution in [0.4, 0.5) is 4.79 Å². The van der Waals surface area contributed by atoms with E-state index in [1.165, 1.54) is 0 Å². The number of amides is 1. The lowest BCUT2D eigenvalue weighted by Crippen LogP contribution is -2.42. The van der Waals surface area contributed by atoms with Crippen molar-refractivity contribution in [1.29, 1.82) is 0 Å². The van der Waals surface area contributed by atoms with Crippen molar-refractivity contribution in [2.45, 2.75) is 45.0 Å². The van der Waals surface area contributed by atoms with Gasteiger partial charge in [0.15, 0.2) is 0 Å². The van der Waals surface area contributed by atoms with Crippen molar-refractivity contribution >= 4 is 22.0 Å². The second kappa shape index (κ2) is 7.62. The molecule has 2 aliphatic rings. The molecule has 1 aromatic carbocycles. The number of nitrogens with two attached hydrogens (primary N) is 1. The highest BCUT2D eigenvalue weighted by Gasteiger charge is 2.28. The largest absolute Gasteiger partial charge is 0.493 e. The Kier molecular flexibility index (Phi) is 5.56. The maximum absolute atomic E-state index is 12.1. The molecule has 0 unspecified atom stereocenters. The molecule has 154 valence electrons. The Hall–Kier alpha value is -2.29. The average molecular weight is 410 g/mol.